The average molecular weight is 268 g/mol. The number of hydrogen-bond acceptors (Lipinski definition) is 5. The molecule has 0 fully saturated rings. The summed E-state index contributed by atoms with van der Waals surface area (Å²) in [5.41, 5.74) is 7.74. The molecule has 0 spiro atoms. The first-order valence-corrected chi connectivity index (χ1v) is 6.69. The Balaban J connectivity index is 1.91. The van der Waals surface area contributed by atoms with Crippen molar-refractivity contribution in [3.05, 3.63) is 42.4 Å². The standard InChI is InChI=1S/C15H16N4O/c1-2-12(16)9-14-18-15(20-19-14)11-5-6-13-10(8-11)4-3-7-17-13/h3-8,12H,2,9,16H2,1H3. The van der Waals surface area contributed by atoms with Gasteiger partial charge in [-0.1, -0.05) is 18.1 Å². The summed E-state index contributed by atoms with van der Waals surface area (Å²) in [6.07, 6.45) is 3.31. The molecule has 1 aromatic carbocycles. The van der Waals surface area contributed by atoms with Gasteiger partial charge in [-0.05, 0) is 30.7 Å². The smallest absolute Gasteiger partial charge is 0.257 e. The highest BCUT2D eigenvalue weighted by molar-refractivity contribution is 5.82. The van der Waals surface area contributed by atoms with E-state index in [0.29, 0.717) is 18.1 Å². The Hall–Kier alpha value is -2.27. The molecule has 5 nitrogen and oxygen atoms in total. The van der Waals surface area contributed by atoms with Crippen LogP contribution in [0.2, 0.25) is 0 Å². The van der Waals surface area contributed by atoms with Gasteiger partial charge in [-0.3, -0.25) is 4.98 Å². The topological polar surface area (TPSA) is 77.8 Å². The second kappa shape index (κ2) is 5.38. The molecule has 5 heteroatoms. The molecule has 3 rings (SSSR count). The third-order valence-corrected chi connectivity index (χ3v) is 3.29. The summed E-state index contributed by atoms with van der Waals surface area (Å²) in [5.74, 6) is 1.18. The fraction of sp³-hybridized carbons (Fsp3) is 0.267. The fourth-order valence-electron chi connectivity index (χ4n) is 2.04. The minimum absolute atomic E-state index is 0.0706. The minimum atomic E-state index is 0.0706. The van der Waals surface area contributed by atoms with E-state index in [4.69, 9.17) is 10.3 Å². The van der Waals surface area contributed by atoms with Crippen molar-refractivity contribution in [2.75, 3.05) is 0 Å². The van der Waals surface area contributed by atoms with Crippen molar-refractivity contribution < 1.29 is 4.52 Å². The predicted octanol–water partition coefficient (Wildman–Crippen LogP) is 2.56. The van der Waals surface area contributed by atoms with Gasteiger partial charge in [-0.25, -0.2) is 0 Å². The zero-order valence-electron chi connectivity index (χ0n) is 11.3. The van der Waals surface area contributed by atoms with E-state index in [9.17, 15) is 0 Å². The van der Waals surface area contributed by atoms with E-state index in [1.165, 1.54) is 0 Å². The van der Waals surface area contributed by atoms with Crippen molar-refractivity contribution in [1.29, 1.82) is 0 Å². The molecule has 20 heavy (non-hydrogen) atoms. The summed E-state index contributed by atoms with van der Waals surface area (Å²) in [6.45, 7) is 2.04. The summed E-state index contributed by atoms with van der Waals surface area (Å²) in [6, 6.07) is 9.88. The number of rotatable bonds is 4. The Morgan fingerprint density at radius 3 is 3.05 bits per heavy atom. The zero-order chi connectivity index (χ0) is 13.9. The summed E-state index contributed by atoms with van der Waals surface area (Å²) in [5, 5.41) is 5.03. The molecular weight excluding hydrogens is 252 g/mol. The van der Waals surface area contributed by atoms with Crippen molar-refractivity contribution in [1.82, 2.24) is 15.1 Å². The quantitative estimate of drug-likeness (QED) is 0.786. The summed E-state index contributed by atoms with van der Waals surface area (Å²) in [7, 11) is 0. The Kier molecular flexibility index (Phi) is 3.43. The van der Waals surface area contributed by atoms with Gasteiger partial charge in [0, 0.05) is 29.6 Å². The van der Waals surface area contributed by atoms with Crippen LogP contribution in [0.15, 0.2) is 41.1 Å². The Bertz CT molecular complexity index is 722. The van der Waals surface area contributed by atoms with Crippen LogP contribution in [0.1, 0.15) is 19.2 Å². The highest BCUT2D eigenvalue weighted by Gasteiger charge is 2.11. The Labute approximate surface area is 116 Å². The van der Waals surface area contributed by atoms with Gasteiger partial charge in [-0.15, -0.1) is 0 Å². The number of nitrogens with two attached hydrogens (primary N) is 1. The molecule has 3 aromatic rings. The van der Waals surface area contributed by atoms with Crippen LogP contribution in [0.25, 0.3) is 22.4 Å². The van der Waals surface area contributed by atoms with Crippen molar-refractivity contribution in [2.45, 2.75) is 25.8 Å². The lowest BCUT2D eigenvalue weighted by atomic mass is 10.1. The van der Waals surface area contributed by atoms with Crippen LogP contribution >= 0.6 is 0 Å². The van der Waals surface area contributed by atoms with Gasteiger partial charge in [0.15, 0.2) is 5.82 Å². The molecule has 0 aliphatic rings. The van der Waals surface area contributed by atoms with Gasteiger partial charge in [0.2, 0.25) is 0 Å². The molecule has 0 amide bonds. The average Bonchev–Trinajstić information content (AvgIpc) is 2.95. The minimum Gasteiger partial charge on any atom is -0.334 e. The van der Waals surface area contributed by atoms with E-state index in [-0.39, 0.29) is 6.04 Å². The maximum absolute atomic E-state index is 5.90. The molecule has 2 heterocycles. The summed E-state index contributed by atoms with van der Waals surface area (Å²) >= 11 is 0. The SMILES string of the molecule is CCC(N)Cc1noc(-c2ccc3ncccc3c2)n1. The molecule has 1 unspecified atom stereocenters. The van der Waals surface area contributed by atoms with E-state index in [2.05, 4.69) is 15.1 Å². The number of aromatic nitrogens is 3. The highest BCUT2D eigenvalue weighted by Crippen LogP contribution is 2.22. The Morgan fingerprint density at radius 1 is 1.30 bits per heavy atom. The third-order valence-electron chi connectivity index (χ3n) is 3.29. The number of pyridine rings is 1. The number of benzene rings is 1. The number of hydrogen-bond donors (Lipinski definition) is 1. The largest absolute Gasteiger partial charge is 0.334 e. The second-order valence-electron chi connectivity index (χ2n) is 4.80. The third kappa shape index (κ3) is 2.53. The molecule has 102 valence electrons. The summed E-state index contributed by atoms with van der Waals surface area (Å²) in [4.78, 5) is 8.69. The zero-order valence-corrected chi connectivity index (χ0v) is 11.3. The molecule has 0 saturated carbocycles. The molecule has 0 bridgehead atoms. The molecular formula is C15H16N4O. The van der Waals surface area contributed by atoms with Crippen molar-refractivity contribution in [3.8, 4) is 11.5 Å². The molecule has 0 radical (unpaired) electrons. The van der Waals surface area contributed by atoms with Gasteiger partial charge in [0.05, 0.1) is 5.52 Å². The van der Waals surface area contributed by atoms with Crippen LogP contribution < -0.4 is 5.73 Å². The van der Waals surface area contributed by atoms with E-state index in [0.717, 1.165) is 22.9 Å². The number of fused-ring (bicyclic) bond motifs is 1. The van der Waals surface area contributed by atoms with Crippen LogP contribution in [0.3, 0.4) is 0 Å². The Morgan fingerprint density at radius 2 is 2.20 bits per heavy atom. The summed E-state index contributed by atoms with van der Waals surface area (Å²) < 4.78 is 5.31. The van der Waals surface area contributed by atoms with Crippen LogP contribution in [-0.4, -0.2) is 21.2 Å². The predicted molar refractivity (Wildman–Crippen MR) is 77.0 cm³/mol. The highest BCUT2D eigenvalue weighted by atomic mass is 16.5. The van der Waals surface area contributed by atoms with Crippen molar-refractivity contribution in [3.63, 3.8) is 0 Å². The first kappa shape index (κ1) is 12.7. The molecule has 0 saturated heterocycles. The van der Waals surface area contributed by atoms with Gasteiger partial charge in [0.25, 0.3) is 5.89 Å². The van der Waals surface area contributed by atoms with Crippen LogP contribution in [-0.2, 0) is 6.42 Å². The fourth-order valence-corrected chi connectivity index (χ4v) is 2.04. The van der Waals surface area contributed by atoms with E-state index >= 15 is 0 Å². The van der Waals surface area contributed by atoms with Crippen LogP contribution in [0, 0.1) is 0 Å². The monoisotopic (exact) mass is 268 g/mol. The lowest BCUT2D eigenvalue weighted by Crippen LogP contribution is -2.21. The van der Waals surface area contributed by atoms with Crippen molar-refractivity contribution >= 4 is 10.9 Å². The van der Waals surface area contributed by atoms with E-state index in [1.807, 2.05) is 37.3 Å². The van der Waals surface area contributed by atoms with E-state index in [1.54, 1.807) is 6.20 Å². The maximum atomic E-state index is 5.90. The van der Waals surface area contributed by atoms with Crippen molar-refractivity contribution in [2.24, 2.45) is 5.73 Å². The van der Waals surface area contributed by atoms with Crippen LogP contribution in [0.4, 0.5) is 0 Å². The maximum Gasteiger partial charge on any atom is 0.257 e. The first-order chi connectivity index (χ1) is 9.76. The van der Waals surface area contributed by atoms with Crippen LogP contribution in [0.5, 0.6) is 0 Å². The first-order valence-electron chi connectivity index (χ1n) is 6.69. The van der Waals surface area contributed by atoms with Gasteiger partial charge in [0.1, 0.15) is 0 Å². The lowest BCUT2D eigenvalue weighted by Gasteiger charge is -2.02. The molecule has 1 atom stereocenters. The normalized spacial score (nSPS) is 12.7. The van der Waals surface area contributed by atoms with Gasteiger partial charge in [-0.2, -0.15) is 4.98 Å². The lowest BCUT2D eigenvalue weighted by molar-refractivity contribution is 0.419. The molecule has 0 aliphatic heterocycles. The molecule has 2 N–H and O–H groups in total. The number of nitrogens with zero attached hydrogens (tertiary/aromatic N) is 3. The molecule has 2 aromatic heterocycles. The molecule has 0 aliphatic carbocycles. The van der Waals surface area contributed by atoms with Gasteiger partial charge < -0.3 is 10.3 Å². The van der Waals surface area contributed by atoms with Gasteiger partial charge >= 0.3 is 0 Å². The second-order valence-corrected chi connectivity index (χ2v) is 4.80. The van der Waals surface area contributed by atoms with E-state index < -0.39 is 0 Å².